The summed E-state index contributed by atoms with van der Waals surface area (Å²) in [6, 6.07) is 7.23. The molecule has 34 heavy (non-hydrogen) atoms. The minimum Gasteiger partial charge on any atom is -0.466 e. The van der Waals surface area contributed by atoms with Gasteiger partial charge in [0, 0.05) is 19.0 Å². The standard InChI is InChI=1S/C24H27FN2O6S/c1-5-32-20(29)9-7-6-8-17-14-19-21(15(2)28)22(16-10-12-18(25)13-11-16)33-24(19)26-23(17)27(3)34(4,30)31/h10-14H,5-9H2,1-4H3. The van der Waals surface area contributed by atoms with Gasteiger partial charge in [-0.25, -0.2) is 12.8 Å². The second-order valence-electron chi connectivity index (χ2n) is 7.94. The number of esters is 1. The molecule has 0 radical (unpaired) electrons. The van der Waals surface area contributed by atoms with Crippen molar-refractivity contribution in [1.82, 2.24) is 4.98 Å². The maximum absolute atomic E-state index is 13.4. The van der Waals surface area contributed by atoms with Crippen LogP contribution in [0.25, 0.3) is 22.4 Å². The van der Waals surface area contributed by atoms with E-state index in [1.165, 1.54) is 38.2 Å². The van der Waals surface area contributed by atoms with E-state index in [2.05, 4.69) is 4.98 Å². The molecular weight excluding hydrogens is 463 g/mol. The monoisotopic (exact) mass is 490 g/mol. The number of ether oxygens (including phenoxy) is 1. The van der Waals surface area contributed by atoms with Crippen molar-refractivity contribution < 1.29 is 31.6 Å². The molecule has 0 unspecified atom stereocenters. The molecule has 0 amide bonds. The first-order chi connectivity index (χ1) is 16.0. The summed E-state index contributed by atoms with van der Waals surface area (Å²) < 4.78 is 49.8. The van der Waals surface area contributed by atoms with Gasteiger partial charge in [-0.2, -0.15) is 4.98 Å². The van der Waals surface area contributed by atoms with Gasteiger partial charge in [-0.3, -0.25) is 13.9 Å². The molecule has 0 aliphatic heterocycles. The zero-order chi connectivity index (χ0) is 25.0. The van der Waals surface area contributed by atoms with E-state index >= 15 is 0 Å². The summed E-state index contributed by atoms with van der Waals surface area (Å²) in [5.74, 6) is -0.563. The Kier molecular flexibility index (Phi) is 7.71. The van der Waals surface area contributed by atoms with Gasteiger partial charge in [0.2, 0.25) is 15.7 Å². The molecule has 0 fully saturated rings. The lowest BCUT2D eigenvalue weighted by Crippen LogP contribution is -2.27. The number of unbranched alkanes of at least 4 members (excludes halogenated alkanes) is 1. The number of aromatic nitrogens is 1. The fraction of sp³-hybridized carbons (Fsp3) is 0.375. The number of hydrogen-bond donors (Lipinski definition) is 0. The zero-order valence-electron chi connectivity index (χ0n) is 19.6. The molecule has 0 saturated heterocycles. The number of pyridine rings is 1. The van der Waals surface area contributed by atoms with Crippen LogP contribution in [0.4, 0.5) is 10.2 Å². The fourth-order valence-electron chi connectivity index (χ4n) is 3.64. The van der Waals surface area contributed by atoms with Gasteiger partial charge in [-0.15, -0.1) is 0 Å². The molecular formula is C24H27FN2O6S. The molecule has 2 aromatic heterocycles. The Hall–Kier alpha value is -3.27. The number of hydrogen-bond acceptors (Lipinski definition) is 7. The molecule has 0 aliphatic rings. The molecule has 182 valence electrons. The van der Waals surface area contributed by atoms with Gasteiger partial charge in [0.05, 0.1) is 23.8 Å². The average Bonchev–Trinajstić information content (AvgIpc) is 3.14. The Morgan fingerprint density at radius 3 is 2.44 bits per heavy atom. The van der Waals surface area contributed by atoms with Crippen LogP contribution in [-0.4, -0.2) is 45.1 Å². The molecule has 1 aromatic carbocycles. The highest BCUT2D eigenvalue weighted by Crippen LogP contribution is 2.36. The van der Waals surface area contributed by atoms with Crippen LogP contribution in [0, 0.1) is 5.82 Å². The van der Waals surface area contributed by atoms with Crippen LogP contribution in [0.2, 0.25) is 0 Å². The van der Waals surface area contributed by atoms with E-state index in [9.17, 15) is 22.4 Å². The Bertz CT molecular complexity index is 1320. The normalized spacial score (nSPS) is 11.6. The van der Waals surface area contributed by atoms with E-state index in [0.717, 1.165) is 10.6 Å². The SMILES string of the molecule is CCOC(=O)CCCCc1cc2c(C(C)=O)c(-c3ccc(F)cc3)oc2nc1N(C)S(C)(=O)=O. The number of halogens is 1. The smallest absolute Gasteiger partial charge is 0.305 e. The Morgan fingerprint density at radius 1 is 1.18 bits per heavy atom. The molecule has 2 heterocycles. The molecule has 3 aromatic rings. The number of nitrogens with zero attached hydrogens (tertiary/aromatic N) is 2. The van der Waals surface area contributed by atoms with Crippen LogP contribution >= 0.6 is 0 Å². The van der Waals surface area contributed by atoms with Crippen molar-refractivity contribution in [2.45, 2.75) is 39.5 Å². The summed E-state index contributed by atoms with van der Waals surface area (Å²) >= 11 is 0. The first-order valence-corrected chi connectivity index (χ1v) is 12.7. The van der Waals surface area contributed by atoms with Crippen LogP contribution in [0.5, 0.6) is 0 Å². The minimum atomic E-state index is -3.63. The van der Waals surface area contributed by atoms with Gasteiger partial charge >= 0.3 is 5.97 Å². The third-order valence-electron chi connectivity index (χ3n) is 5.38. The molecule has 10 heteroatoms. The predicted molar refractivity (Wildman–Crippen MR) is 127 cm³/mol. The number of furan rings is 1. The van der Waals surface area contributed by atoms with E-state index in [4.69, 9.17) is 9.15 Å². The van der Waals surface area contributed by atoms with E-state index in [1.807, 2.05) is 0 Å². The average molecular weight is 491 g/mol. The zero-order valence-corrected chi connectivity index (χ0v) is 20.4. The van der Waals surface area contributed by atoms with Crippen molar-refractivity contribution in [3.63, 3.8) is 0 Å². The number of Topliss-reactive ketones (excluding diaryl/α,β-unsaturated/α-hetero) is 1. The van der Waals surface area contributed by atoms with Gasteiger partial charge in [-0.1, -0.05) is 0 Å². The topological polar surface area (TPSA) is 107 Å². The number of carbonyl (C=O) groups excluding carboxylic acids is 2. The number of rotatable bonds is 10. The molecule has 0 N–H and O–H groups in total. The highest BCUT2D eigenvalue weighted by atomic mass is 32.2. The molecule has 8 nitrogen and oxygen atoms in total. The highest BCUT2D eigenvalue weighted by molar-refractivity contribution is 7.92. The van der Waals surface area contributed by atoms with Gasteiger partial charge in [0.1, 0.15) is 17.4 Å². The summed E-state index contributed by atoms with van der Waals surface area (Å²) in [5, 5.41) is 0.442. The van der Waals surface area contributed by atoms with Crippen molar-refractivity contribution in [1.29, 1.82) is 0 Å². The lowest BCUT2D eigenvalue weighted by molar-refractivity contribution is -0.143. The summed E-state index contributed by atoms with van der Waals surface area (Å²) in [4.78, 5) is 28.6. The first-order valence-electron chi connectivity index (χ1n) is 10.9. The number of ketones is 1. The number of anilines is 1. The predicted octanol–water partition coefficient (Wildman–Crippen LogP) is 4.51. The van der Waals surface area contributed by atoms with E-state index in [0.29, 0.717) is 42.4 Å². The molecule has 3 rings (SSSR count). The van der Waals surface area contributed by atoms with Crippen LogP contribution < -0.4 is 4.31 Å². The maximum atomic E-state index is 13.4. The van der Waals surface area contributed by atoms with Crippen molar-refractivity contribution in [3.05, 3.63) is 47.3 Å². The first kappa shape index (κ1) is 25.4. The van der Waals surface area contributed by atoms with Crippen molar-refractivity contribution in [2.75, 3.05) is 24.2 Å². The molecule has 0 spiro atoms. The van der Waals surface area contributed by atoms with E-state index in [-0.39, 0.29) is 41.0 Å². The summed E-state index contributed by atoms with van der Waals surface area (Å²) in [5.41, 5.74) is 1.48. The third kappa shape index (κ3) is 5.61. The quantitative estimate of drug-likeness (QED) is 0.234. The van der Waals surface area contributed by atoms with Crippen LogP contribution in [0.1, 0.15) is 49.0 Å². The number of sulfonamides is 1. The lowest BCUT2D eigenvalue weighted by atomic mass is 10.0. The molecule has 0 aliphatic carbocycles. The van der Waals surface area contributed by atoms with Gasteiger partial charge in [0.15, 0.2) is 5.78 Å². The number of aryl methyl sites for hydroxylation is 1. The Morgan fingerprint density at radius 2 is 1.85 bits per heavy atom. The van der Waals surface area contributed by atoms with Crippen molar-refractivity contribution >= 4 is 38.7 Å². The number of carbonyl (C=O) groups is 2. The maximum Gasteiger partial charge on any atom is 0.305 e. The van der Waals surface area contributed by atoms with E-state index < -0.39 is 15.8 Å². The Labute approximate surface area is 197 Å². The van der Waals surface area contributed by atoms with Gasteiger partial charge in [0.25, 0.3) is 0 Å². The van der Waals surface area contributed by atoms with Crippen LogP contribution in [0.15, 0.2) is 34.7 Å². The lowest BCUT2D eigenvalue weighted by Gasteiger charge is -2.19. The summed E-state index contributed by atoms with van der Waals surface area (Å²) in [6.07, 6.45) is 2.86. The third-order valence-corrected chi connectivity index (χ3v) is 6.54. The largest absolute Gasteiger partial charge is 0.466 e. The Balaban J connectivity index is 2.08. The fourth-order valence-corrected chi connectivity index (χ4v) is 4.11. The second-order valence-corrected chi connectivity index (χ2v) is 9.95. The van der Waals surface area contributed by atoms with Crippen LogP contribution in [-0.2, 0) is 26.0 Å². The number of fused-ring (bicyclic) bond motifs is 1. The molecule has 0 atom stereocenters. The summed E-state index contributed by atoms with van der Waals surface area (Å²) in [7, 11) is -2.24. The van der Waals surface area contributed by atoms with Crippen molar-refractivity contribution in [2.24, 2.45) is 0 Å². The number of benzene rings is 1. The summed E-state index contributed by atoms with van der Waals surface area (Å²) in [6.45, 7) is 3.45. The second kappa shape index (κ2) is 10.3. The molecule has 0 saturated carbocycles. The van der Waals surface area contributed by atoms with Gasteiger partial charge < -0.3 is 9.15 Å². The van der Waals surface area contributed by atoms with E-state index in [1.54, 1.807) is 13.0 Å². The minimum absolute atomic E-state index is 0.102. The highest BCUT2D eigenvalue weighted by Gasteiger charge is 2.25. The van der Waals surface area contributed by atoms with Crippen molar-refractivity contribution in [3.8, 4) is 11.3 Å². The molecule has 0 bridgehead atoms. The van der Waals surface area contributed by atoms with Crippen LogP contribution in [0.3, 0.4) is 0 Å². The van der Waals surface area contributed by atoms with Gasteiger partial charge in [-0.05, 0) is 69.0 Å².